The zero-order chi connectivity index (χ0) is 18.6. The second-order valence-corrected chi connectivity index (χ2v) is 8.35. The fourth-order valence-electron chi connectivity index (χ4n) is 2.86. The van der Waals surface area contributed by atoms with Crippen molar-refractivity contribution in [3.8, 4) is 11.5 Å². The van der Waals surface area contributed by atoms with E-state index < -0.39 is 10.0 Å². The van der Waals surface area contributed by atoms with Crippen molar-refractivity contribution >= 4 is 27.4 Å². The molecule has 0 unspecified atom stereocenters. The van der Waals surface area contributed by atoms with Crippen molar-refractivity contribution in [2.75, 3.05) is 45.9 Å². The van der Waals surface area contributed by atoms with E-state index in [1.807, 2.05) is 4.90 Å². The zero-order valence-corrected chi connectivity index (χ0v) is 16.2. The molecule has 2 aliphatic rings. The Kier molecular flexibility index (Phi) is 6.00. The van der Waals surface area contributed by atoms with Crippen molar-refractivity contribution in [1.29, 1.82) is 0 Å². The average Bonchev–Trinajstić information content (AvgIpc) is 2.91. The monoisotopic (exact) mass is 397 g/mol. The average molecular weight is 398 g/mol. The fourth-order valence-corrected chi connectivity index (χ4v) is 4.56. The van der Waals surface area contributed by atoms with Crippen LogP contribution in [0, 0.1) is 0 Å². The third kappa shape index (κ3) is 4.11. The molecule has 1 saturated heterocycles. The summed E-state index contributed by atoms with van der Waals surface area (Å²) in [7, 11) is -3.58. The van der Waals surface area contributed by atoms with Gasteiger partial charge in [-0.3, -0.25) is 0 Å². The molecule has 142 valence electrons. The molecule has 0 saturated carbocycles. The van der Waals surface area contributed by atoms with Crippen molar-refractivity contribution in [2.45, 2.75) is 11.3 Å². The van der Waals surface area contributed by atoms with Crippen LogP contribution in [-0.2, 0) is 10.0 Å². The maximum atomic E-state index is 13.0. The number of sulfonamides is 1. The fraction of sp³-hybridized carbons (Fsp3) is 0.471. The molecule has 0 spiro atoms. The van der Waals surface area contributed by atoms with Crippen LogP contribution in [0.15, 0.2) is 35.7 Å². The first-order valence-corrected chi connectivity index (χ1v) is 10.4. The molecule has 0 amide bonds. The smallest absolute Gasteiger partial charge is 0.243 e. The van der Waals surface area contributed by atoms with Gasteiger partial charge in [0.1, 0.15) is 0 Å². The molecule has 0 radical (unpaired) electrons. The zero-order valence-electron chi connectivity index (χ0n) is 14.5. The summed E-state index contributed by atoms with van der Waals surface area (Å²) in [5, 5.41) is 3.69. The summed E-state index contributed by atoms with van der Waals surface area (Å²) in [6, 6.07) is 4.79. The number of hydrogen-bond donors (Lipinski definition) is 1. The Balaban J connectivity index is 1.69. The van der Waals surface area contributed by atoms with E-state index in [1.165, 1.54) is 4.31 Å². The Morgan fingerprint density at radius 3 is 2.58 bits per heavy atom. The van der Waals surface area contributed by atoms with E-state index in [2.05, 4.69) is 11.9 Å². The molecule has 0 atom stereocenters. The number of hydrogen-bond acceptors (Lipinski definition) is 5. The molecule has 0 aromatic heterocycles. The first-order valence-electron chi connectivity index (χ1n) is 8.56. The van der Waals surface area contributed by atoms with Crippen molar-refractivity contribution < 1.29 is 17.9 Å². The van der Waals surface area contributed by atoms with Crippen LogP contribution in [-0.4, -0.2) is 68.7 Å². The van der Waals surface area contributed by atoms with Crippen LogP contribution in [0.3, 0.4) is 0 Å². The number of benzene rings is 1. The summed E-state index contributed by atoms with van der Waals surface area (Å²) in [5.41, 5.74) is 0. The minimum absolute atomic E-state index is 0.225. The van der Waals surface area contributed by atoms with E-state index in [-0.39, 0.29) is 4.90 Å². The topological polar surface area (TPSA) is 71.1 Å². The van der Waals surface area contributed by atoms with E-state index in [0.717, 1.165) is 6.42 Å². The molecule has 2 heterocycles. The Morgan fingerprint density at radius 2 is 1.88 bits per heavy atom. The second-order valence-electron chi connectivity index (χ2n) is 6.02. The highest BCUT2D eigenvalue weighted by Crippen LogP contribution is 2.33. The molecule has 7 nitrogen and oxygen atoms in total. The van der Waals surface area contributed by atoms with E-state index >= 15 is 0 Å². The number of nitrogens with one attached hydrogen (secondary N) is 1. The van der Waals surface area contributed by atoms with Crippen molar-refractivity contribution in [3.63, 3.8) is 0 Å². The second kappa shape index (κ2) is 8.24. The standard InChI is InChI=1S/C17H23N3O4S2/c1-2-6-18-17(25)19-7-9-20(10-8-19)26(21,22)14-4-5-15-16(13-14)24-12-3-11-23-15/h2,4-5,13H,1,3,6-12H2,(H,18,25). The lowest BCUT2D eigenvalue weighted by Crippen LogP contribution is -2.53. The summed E-state index contributed by atoms with van der Waals surface area (Å²) in [4.78, 5) is 2.20. The molecule has 0 bridgehead atoms. The molecule has 26 heavy (non-hydrogen) atoms. The molecular formula is C17H23N3O4S2. The molecule has 9 heteroatoms. The molecule has 1 aromatic rings. The molecule has 1 aromatic carbocycles. The van der Waals surface area contributed by atoms with Crippen LogP contribution >= 0.6 is 12.2 Å². The summed E-state index contributed by atoms with van der Waals surface area (Å²) in [6.07, 6.45) is 2.51. The van der Waals surface area contributed by atoms with Gasteiger partial charge in [0.05, 0.1) is 18.1 Å². The summed E-state index contributed by atoms with van der Waals surface area (Å²) in [5.74, 6) is 1.07. The van der Waals surface area contributed by atoms with Gasteiger partial charge in [0.25, 0.3) is 0 Å². The predicted molar refractivity (Wildman–Crippen MR) is 103 cm³/mol. The summed E-state index contributed by atoms with van der Waals surface area (Å²) >= 11 is 5.31. The Morgan fingerprint density at radius 1 is 1.19 bits per heavy atom. The molecule has 1 N–H and O–H groups in total. The molecule has 3 rings (SSSR count). The number of fused-ring (bicyclic) bond motifs is 1. The Bertz CT molecular complexity index is 774. The lowest BCUT2D eigenvalue weighted by molar-refractivity contribution is 0.264. The largest absolute Gasteiger partial charge is 0.490 e. The first-order chi connectivity index (χ1) is 12.5. The van der Waals surface area contributed by atoms with Crippen LogP contribution < -0.4 is 14.8 Å². The highest BCUT2D eigenvalue weighted by molar-refractivity contribution is 7.89. The van der Waals surface area contributed by atoms with Gasteiger partial charge in [-0.15, -0.1) is 6.58 Å². The Labute approximate surface area is 159 Å². The summed E-state index contributed by atoms with van der Waals surface area (Å²) in [6.45, 7) is 7.19. The molecular weight excluding hydrogens is 374 g/mol. The van der Waals surface area contributed by atoms with Gasteiger partial charge in [-0.1, -0.05) is 6.08 Å². The molecule has 2 aliphatic heterocycles. The van der Waals surface area contributed by atoms with Gasteiger partial charge in [0.15, 0.2) is 16.6 Å². The maximum Gasteiger partial charge on any atom is 0.243 e. The molecule has 1 fully saturated rings. The number of ether oxygens (including phenoxy) is 2. The first kappa shape index (κ1) is 18.9. The Hall–Kier alpha value is -1.84. The number of nitrogens with zero attached hydrogens (tertiary/aromatic N) is 2. The third-order valence-electron chi connectivity index (χ3n) is 4.28. The lowest BCUT2D eigenvalue weighted by Gasteiger charge is -2.35. The van der Waals surface area contributed by atoms with E-state index in [1.54, 1.807) is 24.3 Å². The SMILES string of the molecule is C=CCNC(=S)N1CCN(S(=O)(=O)c2ccc3c(c2)OCCCO3)CC1. The minimum Gasteiger partial charge on any atom is -0.490 e. The normalized spacial score (nSPS) is 18.1. The van der Waals surface area contributed by atoms with Gasteiger partial charge in [0.2, 0.25) is 10.0 Å². The van der Waals surface area contributed by atoms with Gasteiger partial charge < -0.3 is 19.7 Å². The maximum absolute atomic E-state index is 13.0. The van der Waals surface area contributed by atoms with Gasteiger partial charge in [-0.25, -0.2) is 8.42 Å². The number of piperazine rings is 1. The van der Waals surface area contributed by atoms with Crippen molar-refractivity contribution in [1.82, 2.24) is 14.5 Å². The van der Waals surface area contributed by atoms with Gasteiger partial charge in [0, 0.05) is 45.2 Å². The van der Waals surface area contributed by atoms with Gasteiger partial charge in [-0.2, -0.15) is 4.31 Å². The van der Waals surface area contributed by atoms with Gasteiger partial charge >= 0.3 is 0 Å². The lowest BCUT2D eigenvalue weighted by atomic mass is 10.3. The van der Waals surface area contributed by atoms with E-state index in [0.29, 0.717) is 62.5 Å². The number of rotatable bonds is 4. The predicted octanol–water partition coefficient (Wildman–Crippen LogP) is 1.21. The summed E-state index contributed by atoms with van der Waals surface area (Å²) < 4.78 is 38.6. The highest BCUT2D eigenvalue weighted by Gasteiger charge is 2.30. The molecule has 0 aliphatic carbocycles. The van der Waals surface area contributed by atoms with Crippen LogP contribution in [0.4, 0.5) is 0 Å². The van der Waals surface area contributed by atoms with E-state index in [4.69, 9.17) is 21.7 Å². The van der Waals surface area contributed by atoms with Crippen molar-refractivity contribution in [2.24, 2.45) is 0 Å². The van der Waals surface area contributed by atoms with Crippen molar-refractivity contribution in [3.05, 3.63) is 30.9 Å². The van der Waals surface area contributed by atoms with E-state index in [9.17, 15) is 8.42 Å². The minimum atomic E-state index is -3.58. The third-order valence-corrected chi connectivity index (χ3v) is 6.58. The quantitative estimate of drug-likeness (QED) is 0.605. The number of thiocarbonyl (C=S) groups is 1. The van der Waals surface area contributed by atoms with Gasteiger partial charge in [-0.05, 0) is 24.4 Å². The van der Waals surface area contributed by atoms with Crippen LogP contribution in [0.1, 0.15) is 6.42 Å². The van der Waals surface area contributed by atoms with Crippen LogP contribution in [0.5, 0.6) is 11.5 Å². The van der Waals surface area contributed by atoms with Crippen LogP contribution in [0.25, 0.3) is 0 Å². The van der Waals surface area contributed by atoms with Crippen LogP contribution in [0.2, 0.25) is 0 Å². The highest BCUT2D eigenvalue weighted by atomic mass is 32.2.